The number of piperidine rings is 3. The van der Waals surface area contributed by atoms with E-state index in [0.29, 0.717) is 42.3 Å². The molecule has 9 aromatic rings. The summed E-state index contributed by atoms with van der Waals surface area (Å²) in [6.45, 7) is 17.0. The Morgan fingerprint density at radius 1 is 0.328 bits per heavy atom. The molecule has 7 aliphatic rings. The van der Waals surface area contributed by atoms with Gasteiger partial charge in [-0.25, -0.2) is 0 Å². The Hall–Kier alpha value is -7.11. The maximum absolute atomic E-state index is 9.78. The number of hydrogen-bond donors (Lipinski definition) is 2. The number of nitrogens with zero attached hydrogens (tertiary/aromatic N) is 7. The molecule has 4 unspecified atom stereocenters. The number of methoxy groups -OCH3 is 3. The second-order valence-electron chi connectivity index (χ2n) is 32.6. The van der Waals surface area contributed by atoms with Gasteiger partial charge in [-0.1, -0.05) is 122 Å². The third kappa shape index (κ3) is 29.6. The second-order valence-corrected chi connectivity index (χ2v) is 39.4. The molecule has 0 saturated carbocycles. The fourth-order valence-corrected chi connectivity index (χ4v) is 17.6. The molecule has 9 aromatic carbocycles. The van der Waals surface area contributed by atoms with Crippen LogP contribution in [0.1, 0.15) is 154 Å². The Kier molecular flexibility index (Phi) is 38.3. The summed E-state index contributed by atoms with van der Waals surface area (Å²) >= 11 is 14.9. The van der Waals surface area contributed by atoms with Crippen LogP contribution in [-0.4, -0.2) is 201 Å². The summed E-state index contributed by atoms with van der Waals surface area (Å²) in [7, 11) is 14.0. The van der Waals surface area contributed by atoms with E-state index in [9.17, 15) is 10.2 Å². The summed E-state index contributed by atoms with van der Waals surface area (Å²) < 4.78 is 34.3. The van der Waals surface area contributed by atoms with Crippen molar-refractivity contribution in [2.45, 2.75) is 140 Å². The van der Waals surface area contributed by atoms with Crippen LogP contribution in [0, 0.1) is 0 Å². The van der Waals surface area contributed by atoms with Gasteiger partial charge in [-0.2, -0.15) is 0 Å². The predicted molar refractivity (Wildman–Crippen MR) is 502 cm³/mol. The first-order valence-electron chi connectivity index (χ1n) is 43.2. The lowest BCUT2D eigenvalue weighted by molar-refractivity contribution is 0.183. The van der Waals surface area contributed by atoms with Gasteiger partial charge in [0.1, 0.15) is 65.8 Å². The highest BCUT2D eigenvalue weighted by Gasteiger charge is 2.30. The van der Waals surface area contributed by atoms with Gasteiger partial charge in [-0.05, 0) is 327 Å². The molecule has 7 heterocycles. The van der Waals surface area contributed by atoms with Crippen molar-refractivity contribution in [3.05, 3.63) is 273 Å². The SMILES string of the molecule is BrB(Br)Br.CN1CCc2cc(O)ccc2C1Cc1ccc(OCCN2CCCCC2)cc1.COc1ccc2c(c1)CCN(C)C2Cc1ccc(O)cc1.COc1ccc2c(c1)CCN(C)C2Cc1ccc(OCCN2CCCCC2)cc1.COc1ccc2c(c1)CCN(C)C2Cc1ccc(OCc2ccccc2)cc1.ClCCN1CCCCC1. The first-order valence-corrected chi connectivity index (χ1v) is 46.5. The molecule has 0 radical (unpaired) electrons. The molecule has 0 aromatic heterocycles. The normalized spacial score (nSPS) is 18.8. The van der Waals surface area contributed by atoms with Crippen molar-refractivity contribution in [3.63, 3.8) is 0 Å². The number of likely N-dealkylation sites (N-methyl/N-ethyl adjacent to an activating group) is 4. The van der Waals surface area contributed by atoms with Crippen molar-refractivity contribution in [2.75, 3.05) is 154 Å². The molecule has 0 amide bonds. The van der Waals surface area contributed by atoms with Gasteiger partial charge in [0.25, 0.3) is 0 Å². The molecule has 119 heavy (non-hydrogen) atoms. The summed E-state index contributed by atoms with van der Waals surface area (Å²) in [5.41, 5.74) is 17.5. The number of rotatable bonds is 24. The molecule has 7 aliphatic heterocycles. The van der Waals surface area contributed by atoms with Crippen LogP contribution in [0.4, 0.5) is 0 Å². The van der Waals surface area contributed by atoms with Gasteiger partial charge >= 0.3 is 3.18 Å². The lowest BCUT2D eigenvalue weighted by atomic mass is 9.89. The number of likely N-dealkylation sites (tertiary alicyclic amines) is 3. The minimum Gasteiger partial charge on any atom is -0.508 e. The predicted octanol–water partition coefficient (Wildman–Crippen LogP) is 20.4. The Labute approximate surface area is 741 Å². The highest BCUT2D eigenvalue weighted by molar-refractivity contribution is 9.69. The van der Waals surface area contributed by atoms with Crippen molar-refractivity contribution in [1.29, 1.82) is 0 Å². The first kappa shape index (κ1) is 92.6. The summed E-state index contributed by atoms with van der Waals surface area (Å²) in [5, 5.41) is 19.2. The maximum Gasteiger partial charge on any atom is 0.369 e. The lowest BCUT2D eigenvalue weighted by Crippen LogP contribution is -2.33. The van der Waals surface area contributed by atoms with E-state index < -0.39 is 0 Å². The number of aromatic hydroxyl groups is 2. The molecule has 15 nitrogen and oxygen atoms in total. The lowest BCUT2D eigenvalue weighted by Gasteiger charge is -2.35. The van der Waals surface area contributed by atoms with Gasteiger partial charge < -0.3 is 43.5 Å². The number of phenols is 2. The zero-order chi connectivity index (χ0) is 83.7. The average Bonchev–Trinajstić information content (AvgIpc) is 0.815. The van der Waals surface area contributed by atoms with Crippen LogP contribution in [0.5, 0.6) is 46.0 Å². The van der Waals surface area contributed by atoms with E-state index in [-0.39, 0.29) is 3.18 Å². The molecule has 16 rings (SSSR count). The number of fused-ring (bicyclic) bond motifs is 4. The summed E-state index contributed by atoms with van der Waals surface area (Å²) in [5.74, 6) is 7.17. The second kappa shape index (κ2) is 49.3. The minimum absolute atomic E-state index is 0.271. The summed E-state index contributed by atoms with van der Waals surface area (Å²) in [4.78, 5) is 17.2. The molecule has 2 N–H and O–H groups in total. The van der Waals surface area contributed by atoms with Crippen LogP contribution in [0.25, 0.3) is 0 Å². The van der Waals surface area contributed by atoms with Gasteiger partial charge in [0, 0.05) is 75.9 Å². The average molecular weight is 1830 g/mol. The molecule has 4 atom stereocenters. The Morgan fingerprint density at radius 3 is 0.941 bits per heavy atom. The zero-order valence-electron chi connectivity index (χ0n) is 71.5. The van der Waals surface area contributed by atoms with E-state index in [1.165, 1.54) is 169 Å². The largest absolute Gasteiger partial charge is 0.508 e. The number of phenolic OH excluding ortho intramolecular Hbond substituents is 2. The van der Waals surface area contributed by atoms with Crippen molar-refractivity contribution < 1.29 is 38.6 Å². The fraction of sp³-hybridized carbons (Fsp3) is 0.455. The number of halogens is 4. The van der Waals surface area contributed by atoms with Crippen molar-refractivity contribution in [2.24, 2.45) is 0 Å². The maximum atomic E-state index is 9.78. The van der Waals surface area contributed by atoms with Gasteiger partial charge in [0.15, 0.2) is 0 Å². The Morgan fingerprint density at radius 2 is 0.613 bits per heavy atom. The van der Waals surface area contributed by atoms with E-state index in [1.54, 1.807) is 33.5 Å². The van der Waals surface area contributed by atoms with Crippen molar-refractivity contribution in [1.82, 2.24) is 34.3 Å². The van der Waals surface area contributed by atoms with E-state index in [0.717, 1.165) is 151 Å². The Bertz CT molecular complexity index is 4420. The number of alkyl halides is 1. The van der Waals surface area contributed by atoms with E-state index in [4.69, 9.17) is 40.0 Å². The van der Waals surface area contributed by atoms with Crippen molar-refractivity contribution >= 4 is 62.1 Å². The molecular weight excluding hydrogens is 1700 g/mol. The van der Waals surface area contributed by atoms with Crippen LogP contribution in [-0.2, 0) is 58.0 Å². The fourth-order valence-electron chi connectivity index (χ4n) is 17.4. The molecule has 0 spiro atoms. The quantitative estimate of drug-likeness (QED) is 0.0441. The van der Waals surface area contributed by atoms with E-state index in [2.05, 4.69) is 249 Å². The summed E-state index contributed by atoms with van der Waals surface area (Å²) in [6, 6.07) is 70.4. The minimum atomic E-state index is 0.271. The standard InChI is InChI=1S/C25H34N2O2.C25H27NO2.C24H32N2O2.C18H21NO2.C7H14ClN.BBr3/c1-26-15-12-21-19-23(28-2)10-11-24(21)25(26)18-20-6-8-22(9-7-20)29-17-16-27-13-4-3-5-14-27;1-26-15-14-21-17-23(27-2)12-13-24(21)25(26)16-19-8-10-22(11-9-19)28-18-20-6-4-3-5-7-20;1-25-14-11-20-18-21(27)7-10-23(20)24(25)17-19-5-8-22(9-6-19)28-16-15-26-12-3-2-4-13-26;1-19-10-9-14-12-16(21-2)7-8-17(14)18(19)11-13-3-5-15(20)6-4-13;8-4-7-9-5-2-1-3-6-9;2-1(3)4/h6-11,19,25H,3-5,12-18H2,1-2H3;3-13,17,25H,14-16,18H2,1-2H3;5-10,18,24,27H,2-4,11-17H2,1H3;3-8,12,18,20H,9-11H2,1-2H3;1-7H2;. The molecule has 0 bridgehead atoms. The summed E-state index contributed by atoms with van der Waals surface area (Å²) in [6.07, 6.45) is 20.4. The highest BCUT2D eigenvalue weighted by atomic mass is 79.9. The van der Waals surface area contributed by atoms with Crippen molar-refractivity contribution in [3.8, 4) is 46.0 Å². The van der Waals surface area contributed by atoms with Crippen LogP contribution >= 0.6 is 58.9 Å². The third-order valence-electron chi connectivity index (χ3n) is 24.4. The van der Waals surface area contributed by atoms with Crippen LogP contribution in [0.3, 0.4) is 0 Å². The van der Waals surface area contributed by atoms with Gasteiger partial charge in [-0.15, -0.1) is 58.9 Å². The van der Waals surface area contributed by atoms with Crippen LogP contribution < -0.4 is 28.4 Å². The molecular formula is C99H128BBr3ClN7O8. The number of ether oxygens (including phenoxy) is 6. The van der Waals surface area contributed by atoms with E-state index in [1.807, 2.05) is 48.5 Å². The van der Waals surface area contributed by atoms with Gasteiger partial charge in [0.2, 0.25) is 0 Å². The zero-order valence-corrected chi connectivity index (χ0v) is 77.0. The smallest absolute Gasteiger partial charge is 0.369 e. The van der Waals surface area contributed by atoms with Crippen LogP contribution in [0.2, 0.25) is 0 Å². The van der Waals surface area contributed by atoms with E-state index >= 15 is 0 Å². The third-order valence-corrected chi connectivity index (χ3v) is 24.6. The van der Waals surface area contributed by atoms with Crippen LogP contribution in [0.15, 0.2) is 200 Å². The highest BCUT2D eigenvalue weighted by Crippen LogP contribution is 2.39. The first-order chi connectivity index (χ1) is 58.0. The Balaban J connectivity index is 0.000000148. The molecule has 20 heteroatoms. The molecule has 3 fully saturated rings. The topological polar surface area (TPSA) is 119 Å². The number of hydrogen-bond acceptors (Lipinski definition) is 15. The number of benzene rings is 9. The van der Waals surface area contributed by atoms with Gasteiger partial charge in [-0.3, -0.25) is 29.4 Å². The molecule has 638 valence electrons. The van der Waals surface area contributed by atoms with Gasteiger partial charge in [0.05, 0.1) is 21.3 Å². The molecule has 3 saturated heterocycles. The monoisotopic (exact) mass is 1830 g/mol. The molecule has 0 aliphatic carbocycles.